The Morgan fingerprint density at radius 3 is 2.35 bits per heavy atom. The molecule has 0 spiro atoms. The fourth-order valence-electron chi connectivity index (χ4n) is 1.92. The summed E-state index contributed by atoms with van der Waals surface area (Å²) >= 11 is 0. The summed E-state index contributed by atoms with van der Waals surface area (Å²) in [6.07, 6.45) is 1.49. The Kier molecular flexibility index (Phi) is 6.15. The molecule has 0 aliphatic rings. The Morgan fingerprint density at radius 1 is 1.15 bits per heavy atom. The Balaban J connectivity index is 1.88. The van der Waals surface area contributed by atoms with Crippen LogP contribution in [0.25, 0.3) is 6.08 Å². The zero-order valence-corrected chi connectivity index (χ0v) is 13.7. The van der Waals surface area contributed by atoms with E-state index in [9.17, 15) is 24.1 Å². The van der Waals surface area contributed by atoms with Gasteiger partial charge in [-0.25, -0.2) is 9.18 Å². The Morgan fingerprint density at radius 2 is 1.77 bits per heavy atom. The second-order valence-corrected chi connectivity index (χ2v) is 5.26. The SMILES string of the molecule is CC(OC(=O)/C=C/c1ccc(F)cc1)C(=O)Nc1ccc([N+](=O)[O-])cc1. The summed E-state index contributed by atoms with van der Waals surface area (Å²) in [7, 11) is 0. The summed E-state index contributed by atoms with van der Waals surface area (Å²) in [5, 5.41) is 13.1. The fourth-order valence-corrected chi connectivity index (χ4v) is 1.92. The molecule has 1 unspecified atom stereocenters. The van der Waals surface area contributed by atoms with Gasteiger partial charge in [-0.05, 0) is 42.8 Å². The van der Waals surface area contributed by atoms with E-state index < -0.39 is 22.9 Å². The predicted molar refractivity (Wildman–Crippen MR) is 92.7 cm³/mol. The van der Waals surface area contributed by atoms with Crippen LogP contribution in [-0.4, -0.2) is 22.9 Å². The van der Waals surface area contributed by atoms with Gasteiger partial charge in [0.2, 0.25) is 0 Å². The van der Waals surface area contributed by atoms with Crippen molar-refractivity contribution in [1.29, 1.82) is 0 Å². The lowest BCUT2D eigenvalue weighted by molar-refractivity contribution is -0.384. The first-order chi connectivity index (χ1) is 12.3. The minimum absolute atomic E-state index is 0.103. The van der Waals surface area contributed by atoms with Crippen molar-refractivity contribution < 1.29 is 23.6 Å². The van der Waals surface area contributed by atoms with Crippen molar-refractivity contribution in [2.45, 2.75) is 13.0 Å². The number of nitrogens with one attached hydrogen (secondary N) is 1. The van der Waals surface area contributed by atoms with E-state index in [-0.39, 0.29) is 11.5 Å². The summed E-state index contributed by atoms with van der Waals surface area (Å²) in [4.78, 5) is 33.8. The van der Waals surface area contributed by atoms with E-state index in [4.69, 9.17) is 4.74 Å². The predicted octanol–water partition coefficient (Wildman–Crippen LogP) is 3.32. The highest BCUT2D eigenvalue weighted by Gasteiger charge is 2.17. The average Bonchev–Trinajstić information content (AvgIpc) is 2.61. The highest BCUT2D eigenvalue weighted by atomic mass is 19.1. The number of esters is 1. The first-order valence-electron chi connectivity index (χ1n) is 7.55. The molecule has 0 aliphatic carbocycles. The largest absolute Gasteiger partial charge is 0.449 e. The van der Waals surface area contributed by atoms with Crippen LogP contribution >= 0.6 is 0 Å². The van der Waals surface area contributed by atoms with Crippen LogP contribution in [0.3, 0.4) is 0 Å². The van der Waals surface area contributed by atoms with Gasteiger partial charge < -0.3 is 10.1 Å². The van der Waals surface area contributed by atoms with E-state index in [1.54, 1.807) is 0 Å². The molecule has 0 aromatic heterocycles. The molecule has 2 aromatic rings. The molecule has 0 fully saturated rings. The van der Waals surface area contributed by atoms with E-state index in [0.29, 0.717) is 11.3 Å². The second kappa shape index (κ2) is 8.52. The van der Waals surface area contributed by atoms with Crippen LogP contribution in [0.5, 0.6) is 0 Å². The van der Waals surface area contributed by atoms with Crippen molar-refractivity contribution in [3.05, 3.63) is 76.1 Å². The van der Waals surface area contributed by atoms with Crippen molar-refractivity contribution in [3.63, 3.8) is 0 Å². The molecule has 2 aromatic carbocycles. The molecule has 1 amide bonds. The van der Waals surface area contributed by atoms with Gasteiger partial charge in [0.1, 0.15) is 5.82 Å². The number of amides is 1. The number of halogens is 1. The molecule has 0 radical (unpaired) electrons. The number of rotatable bonds is 6. The molecule has 0 aliphatic heterocycles. The summed E-state index contributed by atoms with van der Waals surface area (Å²) in [5.41, 5.74) is 0.838. The second-order valence-electron chi connectivity index (χ2n) is 5.26. The molecule has 8 heteroatoms. The standard InChI is InChI=1S/C18H15FN2O5/c1-12(18(23)20-15-7-9-16(10-8-15)21(24)25)26-17(22)11-4-13-2-5-14(19)6-3-13/h2-12H,1H3,(H,20,23)/b11-4+. The number of non-ortho nitro benzene ring substituents is 1. The molecule has 1 N–H and O–H groups in total. The van der Waals surface area contributed by atoms with Crippen molar-refractivity contribution >= 4 is 29.3 Å². The summed E-state index contributed by atoms with van der Waals surface area (Å²) in [6.45, 7) is 1.39. The molecule has 0 bridgehead atoms. The van der Waals surface area contributed by atoms with Gasteiger partial charge in [0.05, 0.1) is 4.92 Å². The molecule has 0 saturated carbocycles. The first-order valence-corrected chi connectivity index (χ1v) is 7.55. The maximum Gasteiger partial charge on any atom is 0.331 e. The number of carbonyl (C=O) groups is 2. The maximum atomic E-state index is 12.8. The van der Waals surface area contributed by atoms with Crippen molar-refractivity contribution in [3.8, 4) is 0 Å². The van der Waals surface area contributed by atoms with Crippen LogP contribution in [0.4, 0.5) is 15.8 Å². The zero-order chi connectivity index (χ0) is 19.1. The molecule has 0 heterocycles. The molecule has 134 valence electrons. The van der Waals surface area contributed by atoms with Gasteiger partial charge in [0.15, 0.2) is 6.10 Å². The molecule has 1 atom stereocenters. The minimum Gasteiger partial charge on any atom is -0.449 e. The monoisotopic (exact) mass is 358 g/mol. The van der Waals surface area contributed by atoms with Crippen molar-refractivity contribution in [2.75, 3.05) is 5.32 Å². The van der Waals surface area contributed by atoms with Crippen LogP contribution in [-0.2, 0) is 14.3 Å². The smallest absolute Gasteiger partial charge is 0.331 e. The molecule has 26 heavy (non-hydrogen) atoms. The number of benzene rings is 2. The van der Waals surface area contributed by atoms with E-state index in [2.05, 4.69) is 5.32 Å². The molecule has 7 nitrogen and oxygen atoms in total. The quantitative estimate of drug-likeness (QED) is 0.370. The summed E-state index contributed by atoms with van der Waals surface area (Å²) in [5.74, 6) is -1.70. The lowest BCUT2D eigenvalue weighted by atomic mass is 10.2. The molecule has 2 rings (SSSR count). The lowest BCUT2D eigenvalue weighted by Crippen LogP contribution is -2.29. The maximum absolute atomic E-state index is 12.8. The summed E-state index contributed by atoms with van der Waals surface area (Å²) < 4.78 is 17.8. The average molecular weight is 358 g/mol. The number of nitro groups is 1. The minimum atomic E-state index is -1.07. The van der Waals surface area contributed by atoms with Crippen LogP contribution in [0.2, 0.25) is 0 Å². The Labute approximate surface area is 148 Å². The van der Waals surface area contributed by atoms with E-state index in [1.165, 1.54) is 61.5 Å². The third-order valence-electron chi connectivity index (χ3n) is 3.29. The topological polar surface area (TPSA) is 98.5 Å². The van der Waals surface area contributed by atoms with Crippen LogP contribution in [0.1, 0.15) is 12.5 Å². The summed E-state index contributed by atoms with van der Waals surface area (Å²) in [6, 6.07) is 10.7. The van der Waals surface area contributed by atoms with Gasteiger partial charge in [0, 0.05) is 23.9 Å². The normalized spacial score (nSPS) is 11.8. The number of hydrogen-bond donors (Lipinski definition) is 1. The van der Waals surface area contributed by atoms with Crippen LogP contribution in [0.15, 0.2) is 54.6 Å². The highest BCUT2D eigenvalue weighted by Crippen LogP contribution is 2.15. The first kappa shape index (κ1) is 18.8. The highest BCUT2D eigenvalue weighted by molar-refractivity contribution is 5.96. The third kappa shape index (κ3) is 5.52. The van der Waals surface area contributed by atoms with Gasteiger partial charge in [-0.1, -0.05) is 12.1 Å². The molecular weight excluding hydrogens is 343 g/mol. The number of anilines is 1. The number of nitro benzene ring substituents is 1. The van der Waals surface area contributed by atoms with Gasteiger partial charge in [0.25, 0.3) is 11.6 Å². The number of nitrogens with zero attached hydrogens (tertiary/aromatic N) is 1. The van der Waals surface area contributed by atoms with E-state index >= 15 is 0 Å². The number of ether oxygens (including phenoxy) is 1. The van der Waals surface area contributed by atoms with Gasteiger partial charge in [-0.2, -0.15) is 0 Å². The molecule has 0 saturated heterocycles. The van der Waals surface area contributed by atoms with Crippen molar-refractivity contribution in [2.24, 2.45) is 0 Å². The Hall–Kier alpha value is -3.55. The molecular formula is C18H15FN2O5. The van der Waals surface area contributed by atoms with E-state index in [0.717, 1.165) is 6.08 Å². The third-order valence-corrected chi connectivity index (χ3v) is 3.29. The fraction of sp³-hybridized carbons (Fsp3) is 0.111. The number of hydrogen-bond acceptors (Lipinski definition) is 5. The van der Waals surface area contributed by atoms with Crippen LogP contribution < -0.4 is 5.32 Å². The zero-order valence-electron chi connectivity index (χ0n) is 13.7. The van der Waals surface area contributed by atoms with E-state index in [1.807, 2.05) is 0 Å². The van der Waals surface area contributed by atoms with Crippen molar-refractivity contribution in [1.82, 2.24) is 0 Å². The van der Waals surface area contributed by atoms with Gasteiger partial charge in [-0.15, -0.1) is 0 Å². The van der Waals surface area contributed by atoms with Crippen LogP contribution in [0, 0.1) is 15.9 Å². The van der Waals surface area contributed by atoms with Gasteiger partial charge in [-0.3, -0.25) is 14.9 Å². The lowest BCUT2D eigenvalue weighted by Gasteiger charge is -2.12. The number of carbonyl (C=O) groups excluding carboxylic acids is 2. The Bertz CT molecular complexity index is 832. The van der Waals surface area contributed by atoms with Gasteiger partial charge >= 0.3 is 5.97 Å².